The Morgan fingerprint density at radius 2 is 1.91 bits per heavy atom. The highest BCUT2D eigenvalue weighted by atomic mass is 16.5. The second kappa shape index (κ2) is 8.02. The first-order chi connectivity index (χ1) is 15.7. The van der Waals surface area contributed by atoms with E-state index in [0.29, 0.717) is 23.5 Å². The zero-order chi connectivity index (χ0) is 21.5. The number of fused-ring (bicyclic) bond motifs is 2. The summed E-state index contributed by atoms with van der Waals surface area (Å²) in [5.74, 6) is 2.35. The molecular formula is C24H26N6O2. The molecule has 1 aliphatic heterocycles. The van der Waals surface area contributed by atoms with E-state index < -0.39 is 0 Å². The molecule has 8 heteroatoms. The molecule has 164 valence electrons. The van der Waals surface area contributed by atoms with Gasteiger partial charge in [0.15, 0.2) is 5.65 Å². The van der Waals surface area contributed by atoms with Crippen molar-refractivity contribution in [3.05, 3.63) is 36.7 Å². The van der Waals surface area contributed by atoms with Crippen molar-refractivity contribution in [1.82, 2.24) is 24.7 Å². The first-order valence-electron chi connectivity index (χ1n) is 11.3. The normalized spacial score (nSPS) is 17.2. The highest BCUT2D eigenvalue weighted by molar-refractivity contribution is 5.99. The number of ether oxygens (including phenoxy) is 2. The van der Waals surface area contributed by atoms with Crippen LogP contribution in [0.3, 0.4) is 0 Å². The van der Waals surface area contributed by atoms with E-state index in [2.05, 4.69) is 27.1 Å². The lowest BCUT2D eigenvalue weighted by Gasteiger charge is -2.21. The van der Waals surface area contributed by atoms with Crippen LogP contribution in [0.5, 0.6) is 5.88 Å². The number of nitrogens with two attached hydrogens (primary N) is 1. The second-order valence-electron chi connectivity index (χ2n) is 8.86. The summed E-state index contributed by atoms with van der Waals surface area (Å²) in [5.41, 5.74) is 9.74. The smallest absolute Gasteiger partial charge is 0.213 e. The largest absolute Gasteiger partial charge is 0.477 e. The van der Waals surface area contributed by atoms with Crippen LogP contribution in [0.15, 0.2) is 36.7 Å². The minimum absolute atomic E-state index is 0.449. The minimum Gasteiger partial charge on any atom is -0.477 e. The molecule has 4 aromatic rings. The molecular weight excluding hydrogens is 404 g/mol. The van der Waals surface area contributed by atoms with Gasteiger partial charge in [0.05, 0.1) is 17.5 Å². The summed E-state index contributed by atoms with van der Waals surface area (Å²) in [4.78, 5) is 13.4. The number of nitrogen functional groups attached to an aromatic ring is 1. The molecule has 0 unspecified atom stereocenters. The van der Waals surface area contributed by atoms with Crippen molar-refractivity contribution in [3.8, 4) is 17.1 Å². The van der Waals surface area contributed by atoms with Crippen LogP contribution in [-0.2, 0) is 11.3 Å². The van der Waals surface area contributed by atoms with E-state index in [9.17, 15) is 0 Å². The molecule has 0 amide bonds. The van der Waals surface area contributed by atoms with Gasteiger partial charge in [-0.05, 0) is 55.7 Å². The van der Waals surface area contributed by atoms with Crippen LogP contribution in [-0.4, -0.2) is 44.6 Å². The van der Waals surface area contributed by atoms with E-state index in [1.807, 2.05) is 22.9 Å². The number of rotatable bonds is 6. The third-order valence-electron chi connectivity index (χ3n) is 6.43. The maximum Gasteiger partial charge on any atom is 0.213 e. The number of nitrogens with zero attached hydrogens (tertiary/aromatic N) is 5. The molecule has 1 aromatic carbocycles. The summed E-state index contributed by atoms with van der Waals surface area (Å²) in [6.45, 7) is 3.16. The number of hydrogen-bond donors (Lipinski definition) is 1. The van der Waals surface area contributed by atoms with Crippen molar-refractivity contribution in [2.45, 2.75) is 32.2 Å². The topological polar surface area (TPSA) is 101 Å². The Hall–Kier alpha value is -3.26. The summed E-state index contributed by atoms with van der Waals surface area (Å²) in [5, 5.41) is 6.78. The van der Waals surface area contributed by atoms with E-state index in [1.165, 1.54) is 19.2 Å². The van der Waals surface area contributed by atoms with Crippen LogP contribution in [0.1, 0.15) is 25.7 Å². The molecule has 2 aliphatic rings. The minimum atomic E-state index is 0.449. The van der Waals surface area contributed by atoms with Gasteiger partial charge in [0.25, 0.3) is 0 Å². The van der Waals surface area contributed by atoms with Gasteiger partial charge in [0.1, 0.15) is 17.8 Å². The fourth-order valence-electron chi connectivity index (χ4n) is 4.36. The molecule has 0 bridgehead atoms. The summed E-state index contributed by atoms with van der Waals surface area (Å²) in [7, 11) is 0. The fraction of sp³-hybridized carbons (Fsp3) is 0.417. The molecule has 0 atom stereocenters. The van der Waals surface area contributed by atoms with E-state index in [1.54, 1.807) is 0 Å². The molecule has 1 aliphatic carbocycles. The predicted molar refractivity (Wildman–Crippen MR) is 122 cm³/mol. The first kappa shape index (κ1) is 19.4. The quantitative estimate of drug-likeness (QED) is 0.496. The van der Waals surface area contributed by atoms with Crippen LogP contribution in [0.25, 0.3) is 33.2 Å². The molecule has 1 saturated heterocycles. The van der Waals surface area contributed by atoms with Crippen molar-refractivity contribution < 1.29 is 9.47 Å². The summed E-state index contributed by atoms with van der Waals surface area (Å²) in [6, 6.07) is 10.1. The molecule has 32 heavy (non-hydrogen) atoms. The van der Waals surface area contributed by atoms with Gasteiger partial charge in [-0.3, -0.25) is 0 Å². The van der Waals surface area contributed by atoms with Gasteiger partial charge in [-0.25, -0.2) is 19.6 Å². The van der Waals surface area contributed by atoms with E-state index >= 15 is 0 Å². The average Bonchev–Trinajstić information content (AvgIpc) is 3.59. The Bertz CT molecular complexity index is 1280. The maximum atomic E-state index is 6.28. The number of pyridine rings is 1. The van der Waals surface area contributed by atoms with Gasteiger partial charge in [0, 0.05) is 36.8 Å². The monoisotopic (exact) mass is 430 g/mol. The lowest BCUT2D eigenvalue weighted by molar-refractivity contribution is 0.0605. The van der Waals surface area contributed by atoms with Gasteiger partial charge >= 0.3 is 0 Å². The van der Waals surface area contributed by atoms with Gasteiger partial charge < -0.3 is 15.2 Å². The third-order valence-corrected chi connectivity index (χ3v) is 6.43. The zero-order valence-electron chi connectivity index (χ0n) is 17.9. The van der Waals surface area contributed by atoms with Crippen LogP contribution < -0.4 is 10.5 Å². The molecule has 2 N–H and O–H groups in total. The van der Waals surface area contributed by atoms with Gasteiger partial charge in [0.2, 0.25) is 5.88 Å². The first-order valence-corrected chi connectivity index (χ1v) is 11.3. The Morgan fingerprint density at radius 3 is 2.75 bits per heavy atom. The van der Waals surface area contributed by atoms with Crippen LogP contribution >= 0.6 is 0 Å². The second-order valence-corrected chi connectivity index (χ2v) is 8.86. The highest BCUT2D eigenvalue weighted by Gasteiger charge is 2.23. The Labute approximate surface area is 185 Å². The standard InChI is InChI=1S/C24H26N6O2/c25-23-21-22(29-30(24(21)27-14-26-23)12-15-7-9-31-10-8-15)18-3-5-19-17(11-18)4-6-20(28-19)32-13-16-1-2-16/h3-6,11,14-16H,1-2,7-10,12-13H2,(H2,25,26,27). The highest BCUT2D eigenvalue weighted by Crippen LogP contribution is 2.33. The SMILES string of the molecule is Nc1ncnc2c1c(-c1ccc3nc(OCC4CC4)ccc3c1)nn2CC1CCOCC1. The van der Waals surface area contributed by atoms with Crippen molar-refractivity contribution in [2.24, 2.45) is 11.8 Å². The van der Waals surface area contributed by atoms with E-state index in [-0.39, 0.29) is 0 Å². The van der Waals surface area contributed by atoms with Gasteiger partial charge in [-0.2, -0.15) is 5.10 Å². The Kier molecular flexibility index (Phi) is 4.87. The van der Waals surface area contributed by atoms with Crippen LogP contribution in [0.4, 0.5) is 5.82 Å². The lowest BCUT2D eigenvalue weighted by atomic mass is 10.0. The molecule has 4 heterocycles. The summed E-state index contributed by atoms with van der Waals surface area (Å²) >= 11 is 0. The maximum absolute atomic E-state index is 6.28. The Morgan fingerprint density at radius 1 is 1.03 bits per heavy atom. The fourth-order valence-corrected chi connectivity index (χ4v) is 4.36. The van der Waals surface area contributed by atoms with Gasteiger partial charge in [-0.15, -0.1) is 0 Å². The van der Waals surface area contributed by atoms with E-state index in [0.717, 1.165) is 72.4 Å². The average molecular weight is 431 g/mol. The summed E-state index contributed by atoms with van der Waals surface area (Å²) in [6.07, 6.45) is 6.10. The molecule has 6 rings (SSSR count). The van der Waals surface area contributed by atoms with E-state index in [4.69, 9.17) is 20.3 Å². The molecule has 1 saturated carbocycles. The van der Waals surface area contributed by atoms with Crippen molar-refractivity contribution in [1.29, 1.82) is 0 Å². The number of aromatic nitrogens is 5. The molecule has 3 aromatic heterocycles. The third kappa shape index (κ3) is 3.75. The zero-order valence-corrected chi connectivity index (χ0v) is 17.9. The Balaban J connectivity index is 1.36. The van der Waals surface area contributed by atoms with Crippen LogP contribution in [0, 0.1) is 11.8 Å². The number of hydrogen-bond acceptors (Lipinski definition) is 7. The van der Waals surface area contributed by atoms with Crippen molar-refractivity contribution in [3.63, 3.8) is 0 Å². The van der Waals surface area contributed by atoms with Crippen LogP contribution in [0.2, 0.25) is 0 Å². The van der Waals surface area contributed by atoms with Crippen molar-refractivity contribution >= 4 is 27.8 Å². The molecule has 2 fully saturated rings. The molecule has 8 nitrogen and oxygen atoms in total. The predicted octanol–water partition coefficient (Wildman–Crippen LogP) is 3.84. The number of benzene rings is 1. The molecule has 0 radical (unpaired) electrons. The van der Waals surface area contributed by atoms with Gasteiger partial charge in [-0.1, -0.05) is 6.07 Å². The van der Waals surface area contributed by atoms with Crippen molar-refractivity contribution in [2.75, 3.05) is 25.6 Å². The lowest BCUT2D eigenvalue weighted by Crippen LogP contribution is -2.21. The molecule has 0 spiro atoms. The summed E-state index contributed by atoms with van der Waals surface area (Å²) < 4.78 is 13.3. The number of anilines is 1.